The topological polar surface area (TPSA) is 47.8 Å². The third-order valence-corrected chi connectivity index (χ3v) is 2.83. The Balaban J connectivity index is 1.93. The zero-order valence-corrected chi connectivity index (χ0v) is 10.4. The number of aromatic nitrogens is 3. The molecule has 3 rings (SSSR count). The van der Waals surface area contributed by atoms with E-state index in [1.807, 2.05) is 30.3 Å². The number of halogens is 1. The van der Waals surface area contributed by atoms with Crippen LogP contribution in [0.3, 0.4) is 0 Å². The molecular weight excluding hydrogens is 257 g/mol. The van der Waals surface area contributed by atoms with Crippen molar-refractivity contribution in [2.24, 2.45) is 0 Å². The van der Waals surface area contributed by atoms with Gasteiger partial charge in [0.05, 0.1) is 23.6 Å². The Bertz CT molecular complexity index is 753. The first kappa shape index (κ1) is 12.2. The number of carbonyl (C=O) groups excluding carboxylic acids is 1. The average molecular weight is 267 g/mol. The van der Waals surface area contributed by atoms with Gasteiger partial charge in [0, 0.05) is 18.0 Å². The smallest absolute Gasteiger partial charge is 0.197 e. The van der Waals surface area contributed by atoms with Gasteiger partial charge in [-0.25, -0.2) is 9.07 Å². The van der Waals surface area contributed by atoms with Gasteiger partial charge in [0.2, 0.25) is 0 Å². The lowest BCUT2D eigenvalue weighted by molar-refractivity contribution is 0.103. The van der Waals surface area contributed by atoms with Crippen LogP contribution in [0.25, 0.3) is 5.69 Å². The standard InChI is InChI=1S/C15H10FN3O/c16-13-6-11(7-17-9-13)15(20)12-8-18-19(10-12)14-4-2-1-3-5-14/h1-10H. The third kappa shape index (κ3) is 2.33. The molecular formula is C15H10FN3O. The van der Waals surface area contributed by atoms with E-state index in [0.29, 0.717) is 5.56 Å². The maximum atomic E-state index is 13.1. The number of pyridine rings is 1. The summed E-state index contributed by atoms with van der Waals surface area (Å²) in [5.74, 6) is -0.842. The van der Waals surface area contributed by atoms with Gasteiger partial charge in [0.1, 0.15) is 5.82 Å². The van der Waals surface area contributed by atoms with Crippen molar-refractivity contribution in [1.82, 2.24) is 14.8 Å². The molecule has 0 aliphatic rings. The van der Waals surface area contributed by atoms with Crippen molar-refractivity contribution in [3.05, 3.63) is 78.1 Å². The summed E-state index contributed by atoms with van der Waals surface area (Å²) in [4.78, 5) is 15.9. The number of carbonyl (C=O) groups is 1. The molecule has 0 bridgehead atoms. The molecule has 0 N–H and O–H groups in total. The average Bonchev–Trinajstić information content (AvgIpc) is 2.97. The van der Waals surface area contributed by atoms with Crippen LogP contribution in [0.4, 0.5) is 4.39 Å². The van der Waals surface area contributed by atoms with Gasteiger partial charge in [0.15, 0.2) is 5.78 Å². The van der Waals surface area contributed by atoms with Gasteiger partial charge < -0.3 is 0 Å². The van der Waals surface area contributed by atoms with Crippen molar-refractivity contribution in [2.45, 2.75) is 0 Å². The fraction of sp³-hybridized carbons (Fsp3) is 0. The molecule has 0 fully saturated rings. The van der Waals surface area contributed by atoms with Crippen LogP contribution in [-0.2, 0) is 0 Å². The molecule has 5 heteroatoms. The lowest BCUT2D eigenvalue weighted by Gasteiger charge is -1.99. The molecule has 4 nitrogen and oxygen atoms in total. The quantitative estimate of drug-likeness (QED) is 0.685. The summed E-state index contributed by atoms with van der Waals surface area (Å²) in [6, 6.07) is 10.6. The van der Waals surface area contributed by atoms with Crippen LogP contribution in [0.5, 0.6) is 0 Å². The van der Waals surface area contributed by atoms with Crippen LogP contribution in [0.2, 0.25) is 0 Å². The second-order valence-electron chi connectivity index (χ2n) is 4.23. The highest BCUT2D eigenvalue weighted by atomic mass is 19.1. The van der Waals surface area contributed by atoms with Crippen LogP contribution in [0, 0.1) is 5.82 Å². The molecule has 20 heavy (non-hydrogen) atoms. The predicted octanol–water partition coefficient (Wildman–Crippen LogP) is 2.64. The second kappa shape index (κ2) is 5.05. The highest BCUT2D eigenvalue weighted by Crippen LogP contribution is 2.12. The van der Waals surface area contributed by atoms with E-state index in [1.165, 1.54) is 12.4 Å². The molecule has 3 aromatic rings. The van der Waals surface area contributed by atoms with Crippen LogP contribution in [0.1, 0.15) is 15.9 Å². The summed E-state index contributed by atoms with van der Waals surface area (Å²) in [5.41, 5.74) is 1.45. The summed E-state index contributed by atoms with van der Waals surface area (Å²) in [6.07, 6.45) is 5.47. The normalized spacial score (nSPS) is 10.4. The van der Waals surface area contributed by atoms with Crippen molar-refractivity contribution in [3.8, 4) is 5.69 Å². The summed E-state index contributed by atoms with van der Waals surface area (Å²) in [7, 11) is 0. The van der Waals surface area contributed by atoms with Gasteiger partial charge in [-0.2, -0.15) is 5.10 Å². The molecule has 0 saturated heterocycles. The zero-order chi connectivity index (χ0) is 13.9. The Kier molecular flexibility index (Phi) is 3.09. The lowest BCUT2D eigenvalue weighted by Crippen LogP contribution is -2.01. The van der Waals surface area contributed by atoms with Gasteiger partial charge in [-0.05, 0) is 18.2 Å². The van der Waals surface area contributed by atoms with Gasteiger partial charge in [0.25, 0.3) is 0 Å². The number of ketones is 1. The molecule has 1 aromatic carbocycles. The van der Waals surface area contributed by atoms with Crippen LogP contribution >= 0.6 is 0 Å². The molecule has 0 aliphatic carbocycles. The van der Waals surface area contributed by atoms with Gasteiger partial charge in [-0.3, -0.25) is 9.78 Å². The van der Waals surface area contributed by atoms with Crippen LogP contribution in [0.15, 0.2) is 61.2 Å². The number of para-hydroxylation sites is 1. The van der Waals surface area contributed by atoms with E-state index in [0.717, 1.165) is 18.0 Å². The Morgan fingerprint density at radius 2 is 1.85 bits per heavy atom. The minimum absolute atomic E-state index is 0.206. The van der Waals surface area contributed by atoms with E-state index < -0.39 is 5.82 Å². The summed E-state index contributed by atoms with van der Waals surface area (Å²) in [6.45, 7) is 0. The summed E-state index contributed by atoms with van der Waals surface area (Å²) in [5, 5.41) is 4.14. The number of rotatable bonds is 3. The van der Waals surface area contributed by atoms with Crippen LogP contribution in [-0.4, -0.2) is 20.5 Å². The maximum absolute atomic E-state index is 13.1. The van der Waals surface area contributed by atoms with E-state index in [4.69, 9.17) is 0 Å². The van der Waals surface area contributed by atoms with Gasteiger partial charge >= 0.3 is 0 Å². The van der Waals surface area contributed by atoms with E-state index >= 15 is 0 Å². The minimum atomic E-state index is -0.536. The first-order valence-electron chi connectivity index (χ1n) is 5.99. The van der Waals surface area contributed by atoms with E-state index in [2.05, 4.69) is 10.1 Å². The molecule has 0 spiro atoms. The third-order valence-electron chi connectivity index (χ3n) is 2.83. The molecule has 0 atom stereocenters. The number of hydrogen-bond donors (Lipinski definition) is 0. The predicted molar refractivity (Wildman–Crippen MR) is 71.2 cm³/mol. The zero-order valence-electron chi connectivity index (χ0n) is 10.4. The van der Waals surface area contributed by atoms with E-state index in [1.54, 1.807) is 10.9 Å². The van der Waals surface area contributed by atoms with Crippen molar-refractivity contribution in [1.29, 1.82) is 0 Å². The first-order valence-corrected chi connectivity index (χ1v) is 5.99. The van der Waals surface area contributed by atoms with Gasteiger partial charge in [-0.1, -0.05) is 18.2 Å². The van der Waals surface area contributed by atoms with Crippen molar-refractivity contribution in [2.75, 3.05) is 0 Å². The van der Waals surface area contributed by atoms with Crippen molar-refractivity contribution >= 4 is 5.78 Å². The SMILES string of the molecule is O=C(c1cncc(F)c1)c1cnn(-c2ccccc2)c1. The maximum Gasteiger partial charge on any atom is 0.197 e. The number of nitrogens with zero attached hydrogens (tertiary/aromatic N) is 3. The fourth-order valence-electron chi connectivity index (χ4n) is 1.86. The molecule has 0 unspecified atom stereocenters. The molecule has 0 aliphatic heterocycles. The highest BCUT2D eigenvalue weighted by Gasteiger charge is 2.13. The van der Waals surface area contributed by atoms with E-state index in [-0.39, 0.29) is 11.3 Å². The first-order chi connectivity index (χ1) is 9.74. The monoisotopic (exact) mass is 267 g/mol. The fourth-order valence-corrected chi connectivity index (χ4v) is 1.86. The van der Waals surface area contributed by atoms with Crippen molar-refractivity contribution < 1.29 is 9.18 Å². The Morgan fingerprint density at radius 3 is 2.60 bits per heavy atom. The molecule has 0 radical (unpaired) electrons. The van der Waals surface area contributed by atoms with Gasteiger partial charge in [-0.15, -0.1) is 0 Å². The molecule has 98 valence electrons. The molecule has 2 heterocycles. The Labute approximate surface area is 114 Å². The number of hydrogen-bond acceptors (Lipinski definition) is 3. The second-order valence-corrected chi connectivity index (χ2v) is 4.23. The van der Waals surface area contributed by atoms with Crippen molar-refractivity contribution in [3.63, 3.8) is 0 Å². The summed E-state index contributed by atoms with van der Waals surface area (Å²) >= 11 is 0. The highest BCUT2D eigenvalue weighted by molar-refractivity contribution is 6.08. The molecule has 0 saturated carbocycles. The largest absolute Gasteiger partial charge is 0.288 e. The van der Waals surface area contributed by atoms with E-state index in [9.17, 15) is 9.18 Å². The molecule has 0 amide bonds. The lowest BCUT2D eigenvalue weighted by atomic mass is 10.1. The van der Waals surface area contributed by atoms with Crippen LogP contribution < -0.4 is 0 Å². The summed E-state index contributed by atoms with van der Waals surface area (Å²) < 4.78 is 14.7. The minimum Gasteiger partial charge on any atom is -0.288 e. The Morgan fingerprint density at radius 1 is 1.05 bits per heavy atom. The number of benzene rings is 1. The molecule has 2 aromatic heterocycles. The Hall–Kier alpha value is -2.82.